The summed E-state index contributed by atoms with van der Waals surface area (Å²) in [6.45, 7) is 4.16. The Hall–Kier alpha value is -1.88. The summed E-state index contributed by atoms with van der Waals surface area (Å²) in [5, 5.41) is 4.15. The Kier molecular flexibility index (Phi) is 5.02. The van der Waals surface area contributed by atoms with Gasteiger partial charge in [-0.05, 0) is 44.3 Å². The fourth-order valence-electron chi connectivity index (χ4n) is 4.25. The number of rotatable bonds is 3. The third-order valence-electron chi connectivity index (χ3n) is 5.73. The quantitative estimate of drug-likeness (QED) is 0.849. The molecule has 2 fully saturated rings. The third kappa shape index (κ3) is 3.71. The molecule has 0 aliphatic carbocycles. The number of amides is 1. The predicted molar refractivity (Wildman–Crippen MR) is 97.5 cm³/mol. The first-order chi connectivity index (χ1) is 12.3. The highest BCUT2D eigenvalue weighted by Gasteiger charge is 2.35. The lowest BCUT2D eigenvalue weighted by Gasteiger charge is -2.40. The molecule has 1 aromatic rings. The summed E-state index contributed by atoms with van der Waals surface area (Å²) < 4.78 is 0. The maximum absolute atomic E-state index is 12.8. The van der Waals surface area contributed by atoms with Gasteiger partial charge in [0.25, 0.3) is 5.91 Å². The van der Waals surface area contributed by atoms with E-state index >= 15 is 0 Å². The number of carbonyl (C=O) groups is 1. The smallest absolute Gasteiger partial charge is 0.266 e. The molecule has 3 heterocycles. The molecule has 134 valence electrons. The van der Waals surface area contributed by atoms with Gasteiger partial charge in [0, 0.05) is 25.6 Å². The summed E-state index contributed by atoms with van der Waals surface area (Å²) in [5.74, 6) is 0.103. The monoisotopic (exact) mass is 341 g/mol. The molecule has 1 unspecified atom stereocenters. The second-order valence-electron chi connectivity index (χ2n) is 7.36. The second-order valence-corrected chi connectivity index (χ2v) is 7.36. The first kappa shape index (κ1) is 16.6. The van der Waals surface area contributed by atoms with Gasteiger partial charge in [-0.2, -0.15) is 0 Å². The van der Waals surface area contributed by atoms with Crippen LogP contribution in [0.15, 0.2) is 35.5 Å². The van der Waals surface area contributed by atoms with Gasteiger partial charge in [-0.1, -0.05) is 41.9 Å². The molecule has 0 spiro atoms. The van der Waals surface area contributed by atoms with E-state index in [1.165, 1.54) is 32.4 Å². The molecule has 0 aromatic heterocycles. The number of hydrogen-bond donors (Lipinski definition) is 0. The van der Waals surface area contributed by atoms with Crippen molar-refractivity contribution in [3.63, 3.8) is 0 Å². The van der Waals surface area contributed by atoms with Crippen LogP contribution in [0.1, 0.15) is 44.1 Å². The van der Waals surface area contributed by atoms with Crippen molar-refractivity contribution < 1.29 is 9.63 Å². The zero-order chi connectivity index (χ0) is 17.1. The molecule has 5 heteroatoms. The lowest BCUT2D eigenvalue weighted by atomic mass is 9.99. The van der Waals surface area contributed by atoms with Crippen LogP contribution in [0.2, 0.25) is 0 Å². The van der Waals surface area contributed by atoms with Crippen molar-refractivity contribution in [1.82, 2.24) is 9.80 Å². The highest BCUT2D eigenvalue weighted by molar-refractivity contribution is 6.04. The summed E-state index contributed by atoms with van der Waals surface area (Å²) in [7, 11) is 0. The van der Waals surface area contributed by atoms with Crippen molar-refractivity contribution in [2.45, 2.75) is 50.7 Å². The lowest BCUT2D eigenvalue weighted by Crippen LogP contribution is -2.50. The van der Waals surface area contributed by atoms with Crippen LogP contribution in [0, 0.1) is 0 Å². The van der Waals surface area contributed by atoms with Crippen molar-refractivity contribution in [2.24, 2.45) is 5.16 Å². The molecule has 0 bridgehead atoms. The van der Waals surface area contributed by atoms with Crippen LogP contribution in [0.3, 0.4) is 0 Å². The summed E-state index contributed by atoms with van der Waals surface area (Å²) in [6.07, 6.45) is 6.34. The molecular formula is C20H27N3O2. The minimum Gasteiger partial charge on any atom is -0.382 e. The maximum atomic E-state index is 12.8. The van der Waals surface area contributed by atoms with Gasteiger partial charge in [-0.15, -0.1) is 0 Å². The molecule has 1 atom stereocenters. The number of piperidine rings is 2. The van der Waals surface area contributed by atoms with Gasteiger partial charge < -0.3 is 14.6 Å². The van der Waals surface area contributed by atoms with E-state index < -0.39 is 6.10 Å². The fourth-order valence-corrected chi connectivity index (χ4v) is 4.25. The van der Waals surface area contributed by atoms with Crippen molar-refractivity contribution in [3.8, 4) is 0 Å². The third-order valence-corrected chi connectivity index (χ3v) is 5.73. The molecule has 1 amide bonds. The van der Waals surface area contributed by atoms with Crippen LogP contribution < -0.4 is 0 Å². The Morgan fingerprint density at radius 3 is 2.44 bits per heavy atom. The van der Waals surface area contributed by atoms with Crippen molar-refractivity contribution in [1.29, 1.82) is 0 Å². The van der Waals surface area contributed by atoms with Gasteiger partial charge in [0.15, 0.2) is 0 Å². The Bertz CT molecular complexity index is 617. The van der Waals surface area contributed by atoms with E-state index in [1.807, 2.05) is 35.2 Å². The van der Waals surface area contributed by atoms with E-state index in [-0.39, 0.29) is 5.91 Å². The molecule has 5 nitrogen and oxygen atoms in total. The van der Waals surface area contributed by atoms with Crippen molar-refractivity contribution in [3.05, 3.63) is 35.9 Å². The van der Waals surface area contributed by atoms with Crippen LogP contribution in [0.25, 0.3) is 0 Å². The number of likely N-dealkylation sites (tertiary alicyclic amines) is 2. The zero-order valence-corrected chi connectivity index (χ0v) is 14.8. The molecule has 3 aliphatic rings. The number of nitrogens with zero attached hydrogens (tertiary/aromatic N) is 3. The molecule has 25 heavy (non-hydrogen) atoms. The summed E-state index contributed by atoms with van der Waals surface area (Å²) in [4.78, 5) is 22.9. The van der Waals surface area contributed by atoms with Gasteiger partial charge in [0.2, 0.25) is 6.10 Å². The van der Waals surface area contributed by atoms with Crippen LogP contribution in [0.4, 0.5) is 0 Å². The Labute approximate surface area is 149 Å². The second kappa shape index (κ2) is 7.56. The maximum Gasteiger partial charge on any atom is 0.266 e. The first-order valence-electron chi connectivity index (χ1n) is 9.62. The summed E-state index contributed by atoms with van der Waals surface area (Å²) in [6, 6.07) is 10.6. The number of benzene rings is 1. The molecule has 0 radical (unpaired) electrons. The SMILES string of the molecule is O=C(C1CC(c2ccccc2)=NO1)N1CCC(N2CCCCC2)CC1. The zero-order valence-electron chi connectivity index (χ0n) is 14.8. The van der Waals surface area contributed by atoms with Gasteiger partial charge in [0.1, 0.15) is 0 Å². The lowest BCUT2D eigenvalue weighted by molar-refractivity contribution is -0.143. The minimum absolute atomic E-state index is 0.103. The fraction of sp³-hybridized carbons (Fsp3) is 0.600. The summed E-state index contributed by atoms with van der Waals surface area (Å²) >= 11 is 0. The number of oxime groups is 1. The van der Waals surface area contributed by atoms with Crippen LogP contribution >= 0.6 is 0 Å². The van der Waals surface area contributed by atoms with Gasteiger partial charge >= 0.3 is 0 Å². The minimum atomic E-state index is -0.443. The van der Waals surface area contributed by atoms with Gasteiger partial charge in [-0.3, -0.25) is 4.79 Å². The molecule has 0 saturated carbocycles. The van der Waals surface area contributed by atoms with Crippen LogP contribution in [0.5, 0.6) is 0 Å². The van der Waals surface area contributed by atoms with Crippen molar-refractivity contribution >= 4 is 11.6 Å². The van der Waals surface area contributed by atoms with E-state index in [0.29, 0.717) is 12.5 Å². The largest absolute Gasteiger partial charge is 0.382 e. The van der Waals surface area contributed by atoms with E-state index in [1.54, 1.807) is 0 Å². The molecule has 0 N–H and O–H groups in total. The van der Waals surface area contributed by atoms with E-state index in [2.05, 4.69) is 10.1 Å². The molecule has 2 saturated heterocycles. The van der Waals surface area contributed by atoms with Gasteiger partial charge in [-0.25, -0.2) is 0 Å². The van der Waals surface area contributed by atoms with Crippen LogP contribution in [-0.2, 0) is 9.63 Å². The average molecular weight is 341 g/mol. The number of hydrogen-bond acceptors (Lipinski definition) is 4. The standard InChI is InChI=1S/C20H27N3O2/c24-20(19-15-18(21-25-19)16-7-3-1-4-8-16)23-13-9-17(10-14-23)22-11-5-2-6-12-22/h1,3-4,7-8,17,19H,2,5-6,9-15H2. The first-order valence-corrected chi connectivity index (χ1v) is 9.62. The summed E-state index contributed by atoms with van der Waals surface area (Å²) in [5.41, 5.74) is 1.92. The normalized spacial score (nSPS) is 25.5. The predicted octanol–water partition coefficient (Wildman–Crippen LogP) is 2.66. The Balaban J connectivity index is 1.28. The number of carbonyl (C=O) groups excluding carboxylic acids is 1. The Morgan fingerprint density at radius 2 is 1.72 bits per heavy atom. The van der Waals surface area contributed by atoms with E-state index in [0.717, 1.165) is 37.2 Å². The molecule has 4 rings (SSSR count). The van der Waals surface area contributed by atoms with Gasteiger partial charge in [0.05, 0.1) is 5.71 Å². The molecule has 1 aromatic carbocycles. The van der Waals surface area contributed by atoms with Crippen LogP contribution in [-0.4, -0.2) is 59.7 Å². The topological polar surface area (TPSA) is 45.1 Å². The Morgan fingerprint density at radius 1 is 1.00 bits per heavy atom. The molecular weight excluding hydrogens is 314 g/mol. The van der Waals surface area contributed by atoms with Crippen molar-refractivity contribution in [2.75, 3.05) is 26.2 Å². The average Bonchev–Trinajstić information content (AvgIpc) is 3.19. The van der Waals surface area contributed by atoms with E-state index in [9.17, 15) is 4.79 Å². The highest BCUT2D eigenvalue weighted by atomic mass is 16.6. The van der Waals surface area contributed by atoms with E-state index in [4.69, 9.17) is 4.84 Å². The highest BCUT2D eigenvalue weighted by Crippen LogP contribution is 2.23. The molecule has 3 aliphatic heterocycles.